The van der Waals surface area contributed by atoms with Crippen molar-refractivity contribution in [3.63, 3.8) is 0 Å². The van der Waals surface area contributed by atoms with Crippen molar-refractivity contribution in [1.82, 2.24) is 0 Å². The average molecular weight is 901 g/mol. The molecule has 0 atom stereocenters. The molecule has 5 aliphatic rings. The number of hydrogen-bond donors (Lipinski definition) is 0. The van der Waals surface area contributed by atoms with E-state index in [9.17, 15) is 30.7 Å². The van der Waals surface area contributed by atoms with Crippen LogP contribution in [0.1, 0.15) is 177 Å². The van der Waals surface area contributed by atoms with Gasteiger partial charge in [-0.05, 0) is 226 Å². The molecule has 0 N–H and O–H groups in total. The maximum Gasteiger partial charge on any atom is 0.194 e. The molecule has 5 fully saturated rings. The van der Waals surface area contributed by atoms with Gasteiger partial charge in [-0.25, -0.2) is 30.7 Å². The highest BCUT2D eigenvalue weighted by Crippen LogP contribution is 2.46. The minimum Gasteiger partial charge on any atom is -0.204 e. The predicted molar refractivity (Wildman–Crippen MR) is 251 cm³/mol. The molecule has 0 radical (unpaired) electrons. The fraction of sp³-hybridized carbons (Fsp3) is 0.552. The Labute approximate surface area is 384 Å². The molecule has 65 heavy (non-hydrogen) atoms. The van der Waals surface area contributed by atoms with Crippen molar-refractivity contribution in [2.75, 3.05) is 0 Å². The van der Waals surface area contributed by atoms with Crippen LogP contribution >= 0.6 is 0 Å². The van der Waals surface area contributed by atoms with Gasteiger partial charge in [0.05, 0.1) is 0 Å². The summed E-state index contributed by atoms with van der Waals surface area (Å²) in [5, 5.41) is 0. The topological polar surface area (TPSA) is 0 Å². The Bertz CT molecular complexity index is 2080. The third-order valence-corrected chi connectivity index (χ3v) is 16.6. The summed E-state index contributed by atoms with van der Waals surface area (Å²) in [5.41, 5.74) is 4.31. The average Bonchev–Trinajstić information content (AvgIpc) is 3.33. The van der Waals surface area contributed by atoms with Crippen LogP contribution in [0.5, 0.6) is 0 Å². The fourth-order valence-electron chi connectivity index (χ4n) is 12.3. The first-order valence-electron chi connectivity index (χ1n) is 25.1. The molecule has 4 aromatic carbocycles. The Hall–Kier alpha value is -3.87. The van der Waals surface area contributed by atoms with Crippen molar-refractivity contribution >= 4 is 0 Å². The molecule has 5 aliphatic carbocycles. The van der Waals surface area contributed by atoms with E-state index in [-0.39, 0.29) is 0 Å². The van der Waals surface area contributed by atoms with Crippen LogP contribution in [-0.4, -0.2) is 0 Å². The highest BCUT2D eigenvalue weighted by Gasteiger charge is 2.32. The first kappa shape index (κ1) is 49.0. The summed E-state index contributed by atoms with van der Waals surface area (Å²) < 4.78 is 92.5. The van der Waals surface area contributed by atoms with Crippen LogP contribution < -0.4 is 0 Å². The normalized spacial score (nSPS) is 29.4. The van der Waals surface area contributed by atoms with Gasteiger partial charge in [-0.3, -0.25) is 0 Å². The lowest BCUT2D eigenvalue weighted by atomic mass is 9.68. The molecule has 0 spiro atoms. The molecule has 0 saturated heterocycles. The minimum absolute atomic E-state index is 0.361. The van der Waals surface area contributed by atoms with E-state index in [2.05, 4.69) is 26.5 Å². The molecule has 0 aromatic heterocycles. The summed E-state index contributed by atoms with van der Waals surface area (Å²) in [4.78, 5) is 0. The maximum atomic E-state index is 13.4. The van der Waals surface area contributed by atoms with Crippen molar-refractivity contribution in [1.29, 1.82) is 0 Å². The van der Waals surface area contributed by atoms with Crippen molar-refractivity contribution in [2.24, 2.45) is 41.4 Å². The highest BCUT2D eigenvalue weighted by molar-refractivity contribution is 5.64. The lowest BCUT2D eigenvalue weighted by molar-refractivity contribution is 0.165. The molecule has 352 valence electrons. The van der Waals surface area contributed by atoms with Gasteiger partial charge in [-0.2, -0.15) is 0 Å². The number of rotatable bonds is 7. The molecule has 0 aliphatic heterocycles. The van der Waals surface area contributed by atoms with Gasteiger partial charge < -0.3 is 0 Å². The van der Waals surface area contributed by atoms with E-state index in [1.165, 1.54) is 133 Å². The molecule has 0 heterocycles. The van der Waals surface area contributed by atoms with Crippen LogP contribution in [-0.2, 0) is 0 Å². The van der Waals surface area contributed by atoms with E-state index < -0.39 is 40.7 Å². The molecule has 5 saturated carbocycles. The van der Waals surface area contributed by atoms with Crippen molar-refractivity contribution in [3.8, 4) is 11.1 Å². The Balaban J connectivity index is 0.000000145. The van der Waals surface area contributed by atoms with Gasteiger partial charge in [0.1, 0.15) is 0 Å². The third kappa shape index (κ3) is 13.2. The van der Waals surface area contributed by atoms with E-state index >= 15 is 0 Å². The number of benzene rings is 4. The molecular weight excluding hydrogens is 830 g/mol. The molecule has 0 bridgehead atoms. The molecule has 0 amide bonds. The summed E-state index contributed by atoms with van der Waals surface area (Å²) in [6.45, 7) is 8.58. The summed E-state index contributed by atoms with van der Waals surface area (Å²) >= 11 is 0. The fourth-order valence-corrected chi connectivity index (χ4v) is 12.3. The van der Waals surface area contributed by atoms with Gasteiger partial charge in [0, 0.05) is 0 Å². The van der Waals surface area contributed by atoms with E-state index in [0.717, 1.165) is 90.4 Å². The van der Waals surface area contributed by atoms with E-state index in [1.807, 2.05) is 24.3 Å². The Morgan fingerprint density at radius 1 is 0.354 bits per heavy atom. The monoisotopic (exact) mass is 901 g/mol. The summed E-state index contributed by atoms with van der Waals surface area (Å²) in [6.07, 6.45) is 27.5. The van der Waals surface area contributed by atoms with E-state index in [1.54, 1.807) is 12.1 Å². The second kappa shape index (κ2) is 23.2. The maximum absolute atomic E-state index is 13.4. The van der Waals surface area contributed by atoms with Crippen LogP contribution in [0.4, 0.5) is 30.7 Å². The lowest BCUT2D eigenvalue weighted by Crippen LogP contribution is -2.25. The number of hydrogen-bond acceptors (Lipinski definition) is 0. The molecule has 4 aromatic rings. The van der Waals surface area contributed by atoms with Crippen LogP contribution in [0.3, 0.4) is 0 Å². The highest BCUT2D eigenvalue weighted by atomic mass is 19.2. The second-order valence-corrected chi connectivity index (χ2v) is 20.8. The zero-order chi connectivity index (χ0) is 46.0. The van der Waals surface area contributed by atoms with Gasteiger partial charge in [-0.1, -0.05) is 82.0 Å². The first-order chi connectivity index (χ1) is 31.3. The molecule has 0 nitrogen and oxygen atoms in total. The standard InChI is InChI=1S/C20H26F2.C19H19F3.C19H26F2/c1-2-14-3-5-15(6-4-14)16-7-9-17(10-8-16)18-11-12-19(21)20(22)13-18;1-12-2-4-13(5-3-12)14-6-8-15(9-7-14)16-10-17(20)19(22)18(21)11-16;1-13-2-4-14(5-3-13)15-6-8-16(9-7-15)17-10-11-18(20)19(21)12-17/h2,11-17H,1,3-10H2;6-13H,2-5H2,1H3;10-16H,2-9H2,1H3. The summed E-state index contributed by atoms with van der Waals surface area (Å²) in [6, 6.07) is 18.7. The second-order valence-electron chi connectivity index (χ2n) is 20.8. The van der Waals surface area contributed by atoms with Gasteiger partial charge in [0.25, 0.3) is 0 Å². The molecule has 9 rings (SSSR count). The number of halogens is 7. The van der Waals surface area contributed by atoms with Crippen LogP contribution in [0.25, 0.3) is 11.1 Å². The third-order valence-electron chi connectivity index (χ3n) is 16.6. The molecular formula is C58H71F7. The smallest absolute Gasteiger partial charge is 0.194 e. The van der Waals surface area contributed by atoms with Gasteiger partial charge in [0.15, 0.2) is 40.7 Å². The predicted octanol–water partition coefficient (Wildman–Crippen LogP) is 18.4. The van der Waals surface area contributed by atoms with Gasteiger partial charge in [-0.15, -0.1) is 6.58 Å². The van der Waals surface area contributed by atoms with Crippen LogP contribution in [0, 0.1) is 82.1 Å². The first-order valence-corrected chi connectivity index (χ1v) is 25.1. The van der Waals surface area contributed by atoms with E-state index in [0.29, 0.717) is 28.9 Å². The van der Waals surface area contributed by atoms with Crippen molar-refractivity contribution in [3.05, 3.63) is 143 Å². The Morgan fingerprint density at radius 2 is 0.692 bits per heavy atom. The van der Waals surface area contributed by atoms with Gasteiger partial charge >= 0.3 is 0 Å². The zero-order valence-corrected chi connectivity index (χ0v) is 38.8. The zero-order valence-electron chi connectivity index (χ0n) is 38.8. The largest absolute Gasteiger partial charge is 0.204 e. The summed E-state index contributed by atoms with van der Waals surface area (Å²) in [7, 11) is 0. The SMILES string of the molecule is C=CC1CCC(C2CCC(c3ccc(F)c(F)c3)CC2)CC1.CC1CCC(C2CCC(c3ccc(F)c(F)c3)CC2)CC1.CC1CCC(c2ccc(-c3cc(F)c(F)c(F)c3)cc2)CC1. The number of allylic oxidation sites excluding steroid dienone is 1. The Morgan fingerprint density at radius 3 is 1.09 bits per heavy atom. The minimum atomic E-state index is -1.42. The summed E-state index contributed by atoms with van der Waals surface area (Å²) in [5.74, 6) is 0.785. The molecule has 0 unspecified atom stereocenters. The van der Waals surface area contributed by atoms with Crippen LogP contribution in [0.2, 0.25) is 0 Å². The quantitative estimate of drug-likeness (QED) is 0.0985. The van der Waals surface area contributed by atoms with Crippen molar-refractivity contribution in [2.45, 2.75) is 160 Å². The van der Waals surface area contributed by atoms with Gasteiger partial charge in [0.2, 0.25) is 0 Å². The Kier molecular flexibility index (Phi) is 17.5. The lowest BCUT2D eigenvalue weighted by Gasteiger charge is -2.37. The van der Waals surface area contributed by atoms with Crippen LogP contribution in [0.15, 0.2) is 85.5 Å². The molecule has 7 heteroatoms. The van der Waals surface area contributed by atoms with E-state index in [4.69, 9.17) is 0 Å². The van der Waals surface area contributed by atoms with Crippen molar-refractivity contribution < 1.29 is 30.7 Å².